The zero-order valence-corrected chi connectivity index (χ0v) is 7.10. The van der Waals surface area contributed by atoms with Gasteiger partial charge < -0.3 is 15.3 Å². The number of carbonyl (C=O) groups is 1. The monoisotopic (exact) mass is 184 g/mol. The summed E-state index contributed by atoms with van der Waals surface area (Å²) in [6.07, 6.45) is -0.0354. The maximum absolute atomic E-state index is 10.3. The van der Waals surface area contributed by atoms with Crippen molar-refractivity contribution in [2.24, 2.45) is 0 Å². The summed E-state index contributed by atoms with van der Waals surface area (Å²) in [5.41, 5.74) is 0.812. The Bertz CT molecular complexity index is 267. The van der Waals surface area contributed by atoms with Crippen LogP contribution in [-0.2, 0) is 4.79 Å². The van der Waals surface area contributed by atoms with Crippen LogP contribution in [0.2, 0.25) is 0 Å². The first kappa shape index (κ1) is 9.95. The van der Waals surface area contributed by atoms with E-state index in [0.717, 1.165) is 6.08 Å². The Hall–Kier alpha value is -1.13. The van der Waals surface area contributed by atoms with Crippen LogP contribution in [-0.4, -0.2) is 33.5 Å². The lowest BCUT2D eigenvalue weighted by Gasteiger charge is -2.26. The van der Waals surface area contributed by atoms with Crippen molar-refractivity contribution in [3.05, 3.63) is 23.8 Å². The van der Waals surface area contributed by atoms with Gasteiger partial charge in [-0.15, -0.1) is 0 Å². The topological polar surface area (TPSA) is 77.8 Å². The third-order valence-electron chi connectivity index (χ3n) is 2.06. The van der Waals surface area contributed by atoms with Crippen molar-refractivity contribution in [2.75, 3.05) is 0 Å². The van der Waals surface area contributed by atoms with Gasteiger partial charge in [0, 0.05) is 12.5 Å². The first-order valence-electron chi connectivity index (χ1n) is 3.99. The van der Waals surface area contributed by atoms with E-state index in [-0.39, 0.29) is 12.8 Å². The SMILES string of the molecule is C=C1C(=CC(=O)O)CC(O)CC1O. The molecule has 1 aliphatic carbocycles. The fraction of sp³-hybridized carbons (Fsp3) is 0.444. The van der Waals surface area contributed by atoms with Gasteiger partial charge in [0.05, 0.1) is 12.2 Å². The Kier molecular flexibility index (Phi) is 2.85. The van der Waals surface area contributed by atoms with E-state index in [1.54, 1.807) is 0 Å². The molecule has 0 bridgehead atoms. The van der Waals surface area contributed by atoms with E-state index in [2.05, 4.69) is 6.58 Å². The summed E-state index contributed by atoms with van der Waals surface area (Å²) >= 11 is 0. The molecule has 2 atom stereocenters. The molecule has 1 aliphatic rings. The van der Waals surface area contributed by atoms with E-state index in [1.807, 2.05) is 0 Å². The minimum Gasteiger partial charge on any atom is -0.478 e. The van der Waals surface area contributed by atoms with Crippen molar-refractivity contribution in [3.8, 4) is 0 Å². The second-order valence-corrected chi connectivity index (χ2v) is 3.14. The number of aliphatic carboxylic acids is 1. The molecule has 13 heavy (non-hydrogen) atoms. The predicted octanol–water partition coefficient (Wildman–Crippen LogP) is 0.0692. The largest absolute Gasteiger partial charge is 0.478 e. The van der Waals surface area contributed by atoms with E-state index in [0.29, 0.717) is 11.1 Å². The third kappa shape index (κ3) is 2.40. The zero-order chi connectivity index (χ0) is 10.0. The Morgan fingerprint density at radius 3 is 2.69 bits per heavy atom. The van der Waals surface area contributed by atoms with Gasteiger partial charge in [-0.1, -0.05) is 6.58 Å². The highest BCUT2D eigenvalue weighted by atomic mass is 16.4. The van der Waals surface area contributed by atoms with Crippen molar-refractivity contribution in [2.45, 2.75) is 25.0 Å². The highest BCUT2D eigenvalue weighted by molar-refractivity contribution is 5.81. The molecule has 0 spiro atoms. The number of hydrogen-bond acceptors (Lipinski definition) is 3. The van der Waals surface area contributed by atoms with Gasteiger partial charge in [-0.3, -0.25) is 0 Å². The van der Waals surface area contributed by atoms with Gasteiger partial charge in [0.1, 0.15) is 0 Å². The summed E-state index contributed by atoms with van der Waals surface area (Å²) in [6, 6.07) is 0. The van der Waals surface area contributed by atoms with Gasteiger partial charge in [-0.25, -0.2) is 4.79 Å². The van der Waals surface area contributed by atoms with Crippen molar-refractivity contribution in [1.82, 2.24) is 0 Å². The molecule has 3 N–H and O–H groups in total. The molecule has 0 saturated heterocycles. The van der Waals surface area contributed by atoms with Crippen molar-refractivity contribution < 1.29 is 20.1 Å². The number of aliphatic hydroxyl groups is 2. The molecule has 0 aliphatic heterocycles. The van der Waals surface area contributed by atoms with Crippen LogP contribution in [0.5, 0.6) is 0 Å². The molecule has 4 heteroatoms. The fourth-order valence-corrected chi connectivity index (χ4v) is 1.38. The summed E-state index contributed by atoms with van der Waals surface area (Å²) in [5.74, 6) is -1.09. The van der Waals surface area contributed by atoms with Crippen molar-refractivity contribution in [1.29, 1.82) is 0 Å². The van der Waals surface area contributed by atoms with Gasteiger partial charge in [-0.2, -0.15) is 0 Å². The summed E-state index contributed by atoms with van der Waals surface area (Å²) < 4.78 is 0. The predicted molar refractivity (Wildman–Crippen MR) is 46.1 cm³/mol. The molecule has 1 rings (SSSR count). The van der Waals surface area contributed by atoms with Crippen LogP contribution in [0.3, 0.4) is 0 Å². The van der Waals surface area contributed by atoms with Gasteiger partial charge in [0.25, 0.3) is 0 Å². The van der Waals surface area contributed by atoms with Crippen molar-refractivity contribution >= 4 is 5.97 Å². The number of hydrogen-bond donors (Lipinski definition) is 3. The highest BCUT2D eigenvalue weighted by Gasteiger charge is 2.25. The Morgan fingerprint density at radius 1 is 1.54 bits per heavy atom. The maximum Gasteiger partial charge on any atom is 0.328 e. The first-order chi connectivity index (χ1) is 6.00. The molecule has 0 heterocycles. The summed E-state index contributed by atoms with van der Waals surface area (Å²) in [6.45, 7) is 3.57. The van der Waals surface area contributed by atoms with E-state index in [4.69, 9.17) is 5.11 Å². The summed E-state index contributed by atoms with van der Waals surface area (Å²) in [5, 5.41) is 27.1. The second-order valence-electron chi connectivity index (χ2n) is 3.14. The number of carboxylic acids is 1. The van der Waals surface area contributed by atoms with Gasteiger partial charge in [-0.05, 0) is 17.6 Å². The van der Waals surface area contributed by atoms with Crippen LogP contribution < -0.4 is 0 Å². The Morgan fingerprint density at radius 2 is 2.15 bits per heavy atom. The molecule has 0 amide bonds. The van der Waals surface area contributed by atoms with E-state index in [9.17, 15) is 15.0 Å². The molecule has 0 aromatic carbocycles. The fourth-order valence-electron chi connectivity index (χ4n) is 1.38. The quantitative estimate of drug-likeness (QED) is 0.504. The van der Waals surface area contributed by atoms with Gasteiger partial charge in [0.15, 0.2) is 0 Å². The van der Waals surface area contributed by atoms with E-state index < -0.39 is 18.2 Å². The van der Waals surface area contributed by atoms with Crippen LogP contribution >= 0.6 is 0 Å². The van der Waals surface area contributed by atoms with Crippen LogP contribution in [0.25, 0.3) is 0 Å². The van der Waals surface area contributed by atoms with E-state index >= 15 is 0 Å². The molecule has 72 valence electrons. The van der Waals surface area contributed by atoms with Crippen LogP contribution in [0.1, 0.15) is 12.8 Å². The lowest BCUT2D eigenvalue weighted by molar-refractivity contribution is -0.131. The average molecular weight is 184 g/mol. The summed E-state index contributed by atoms with van der Waals surface area (Å²) in [4.78, 5) is 10.3. The zero-order valence-electron chi connectivity index (χ0n) is 7.10. The number of rotatable bonds is 1. The minimum atomic E-state index is -1.09. The standard InChI is InChI=1S/C9H12O4/c1-5-6(3-9(12)13)2-7(10)4-8(5)11/h3,7-8,10-11H,1-2,4H2,(H,12,13). The number of aliphatic hydroxyl groups excluding tert-OH is 2. The minimum absolute atomic E-state index is 0.232. The molecule has 0 aromatic rings. The molecule has 0 aromatic heterocycles. The lowest BCUT2D eigenvalue weighted by atomic mass is 9.86. The second kappa shape index (κ2) is 3.72. The van der Waals surface area contributed by atoms with Gasteiger partial charge >= 0.3 is 5.97 Å². The molecule has 0 radical (unpaired) electrons. The number of carboxylic acid groups (broad SMARTS) is 1. The Balaban J connectivity index is 2.84. The molecular weight excluding hydrogens is 172 g/mol. The molecule has 1 saturated carbocycles. The van der Waals surface area contributed by atoms with Crippen LogP contribution in [0, 0.1) is 0 Å². The molecule has 2 unspecified atom stereocenters. The molecular formula is C9H12O4. The molecule has 1 fully saturated rings. The van der Waals surface area contributed by atoms with Crippen LogP contribution in [0.15, 0.2) is 23.8 Å². The van der Waals surface area contributed by atoms with Gasteiger partial charge in [0.2, 0.25) is 0 Å². The van der Waals surface area contributed by atoms with Crippen LogP contribution in [0.4, 0.5) is 0 Å². The highest BCUT2D eigenvalue weighted by Crippen LogP contribution is 2.27. The lowest BCUT2D eigenvalue weighted by Crippen LogP contribution is -2.27. The normalized spacial score (nSPS) is 32.2. The van der Waals surface area contributed by atoms with Crippen molar-refractivity contribution in [3.63, 3.8) is 0 Å². The Labute approximate surface area is 75.8 Å². The smallest absolute Gasteiger partial charge is 0.328 e. The third-order valence-corrected chi connectivity index (χ3v) is 2.06. The maximum atomic E-state index is 10.3. The summed E-state index contributed by atoms with van der Waals surface area (Å²) in [7, 11) is 0. The molecule has 4 nitrogen and oxygen atoms in total. The van der Waals surface area contributed by atoms with E-state index in [1.165, 1.54) is 0 Å². The average Bonchev–Trinajstić information content (AvgIpc) is 1.98. The first-order valence-corrected chi connectivity index (χ1v) is 3.99.